The molecule has 0 fully saturated rings. The molecule has 0 saturated heterocycles. The number of halogens is 4. The second-order valence-corrected chi connectivity index (χ2v) is 5.66. The summed E-state index contributed by atoms with van der Waals surface area (Å²) in [6.07, 6.45) is 0. The summed E-state index contributed by atoms with van der Waals surface area (Å²) in [4.78, 5) is 0. The summed E-state index contributed by atoms with van der Waals surface area (Å²) in [7, 11) is -7.19. The Hall–Kier alpha value is 0.500. The van der Waals surface area contributed by atoms with Gasteiger partial charge in [-0.2, -0.15) is 0 Å². The summed E-state index contributed by atoms with van der Waals surface area (Å²) in [6, 6.07) is 0. The molecule has 0 aliphatic rings. The van der Waals surface area contributed by atoms with E-state index in [-0.39, 0.29) is 5.75 Å². The normalized spacial score (nSPS) is 17.4. The van der Waals surface area contributed by atoms with E-state index in [0.717, 1.165) is 0 Å². The first-order chi connectivity index (χ1) is 3.31. The summed E-state index contributed by atoms with van der Waals surface area (Å²) >= 11 is -0.545. The molecule has 0 radical (unpaired) electrons. The Balaban J connectivity index is 3.73. The van der Waals surface area contributed by atoms with E-state index in [9.17, 15) is 16.8 Å². The second kappa shape index (κ2) is 2.03. The molecule has 0 N–H and O–H groups in total. The summed E-state index contributed by atoms with van der Waals surface area (Å²) in [5.41, 5.74) is 0. The number of hydrogen-bond donors (Lipinski definition) is 0. The van der Waals surface area contributed by atoms with Gasteiger partial charge < -0.3 is 0 Å². The Morgan fingerprint density at radius 1 is 1.25 bits per heavy atom. The molecule has 0 nitrogen and oxygen atoms in total. The summed E-state index contributed by atoms with van der Waals surface area (Å²) in [5.74, 6) is -0.238. The molecule has 52 valence electrons. The van der Waals surface area contributed by atoms with E-state index in [1.165, 1.54) is 6.92 Å². The zero-order valence-corrected chi connectivity index (χ0v) is 5.79. The van der Waals surface area contributed by atoms with E-state index in [4.69, 9.17) is 0 Å². The van der Waals surface area contributed by atoms with Crippen molar-refractivity contribution in [2.45, 2.75) is 6.92 Å². The van der Waals surface area contributed by atoms with Crippen molar-refractivity contribution < 1.29 is 16.8 Å². The SMILES string of the molecule is CCSP(F)(F)(F)F. The van der Waals surface area contributed by atoms with Crippen molar-refractivity contribution in [3.63, 3.8) is 0 Å². The maximum atomic E-state index is 11.2. The minimum atomic E-state index is -7.19. The Morgan fingerprint density at radius 3 is 1.62 bits per heavy atom. The molecule has 0 unspecified atom stereocenters. The summed E-state index contributed by atoms with van der Waals surface area (Å²) in [6.45, 7) is 1.27. The van der Waals surface area contributed by atoms with Crippen molar-refractivity contribution in [2.24, 2.45) is 0 Å². The average molecular weight is 168 g/mol. The van der Waals surface area contributed by atoms with E-state index in [0.29, 0.717) is 0 Å². The second-order valence-electron chi connectivity index (χ2n) is 1.08. The standard InChI is InChI=1S/C2H5F4PS/c1-2-8-7(3,4,5)6/h2H2,1H3. The molecule has 0 atom stereocenters. The van der Waals surface area contributed by atoms with Crippen molar-refractivity contribution in [1.29, 1.82) is 0 Å². The van der Waals surface area contributed by atoms with Crippen LogP contribution in [0.2, 0.25) is 0 Å². The third kappa shape index (κ3) is 6.50. The van der Waals surface area contributed by atoms with E-state index in [1.807, 2.05) is 0 Å². The van der Waals surface area contributed by atoms with E-state index < -0.39 is 18.4 Å². The Labute approximate surface area is 48.8 Å². The van der Waals surface area contributed by atoms with Gasteiger partial charge >= 0.3 is 47.9 Å². The maximum absolute atomic E-state index is 11.2. The van der Waals surface area contributed by atoms with Gasteiger partial charge in [0.2, 0.25) is 0 Å². The van der Waals surface area contributed by atoms with Crippen molar-refractivity contribution in [2.75, 3.05) is 5.75 Å². The van der Waals surface area contributed by atoms with E-state index in [1.54, 1.807) is 0 Å². The zero-order valence-electron chi connectivity index (χ0n) is 4.07. The number of hydrogen-bond acceptors (Lipinski definition) is 1. The van der Waals surface area contributed by atoms with Gasteiger partial charge in [-0.05, 0) is 0 Å². The van der Waals surface area contributed by atoms with Crippen LogP contribution in [0.5, 0.6) is 0 Å². The van der Waals surface area contributed by atoms with Crippen LogP contribution in [0.25, 0.3) is 0 Å². The van der Waals surface area contributed by atoms with Crippen molar-refractivity contribution in [3.05, 3.63) is 0 Å². The first-order valence-corrected chi connectivity index (χ1v) is 5.24. The molecular formula is C2H5F4PS. The first kappa shape index (κ1) is 8.50. The Kier molecular flexibility index (Phi) is 2.15. The summed E-state index contributed by atoms with van der Waals surface area (Å²) < 4.78 is 44.7. The topological polar surface area (TPSA) is 0 Å². The van der Waals surface area contributed by atoms with E-state index >= 15 is 0 Å². The van der Waals surface area contributed by atoms with Crippen LogP contribution in [0, 0.1) is 0 Å². The van der Waals surface area contributed by atoms with Crippen molar-refractivity contribution >= 4 is 18.4 Å². The van der Waals surface area contributed by atoms with Crippen LogP contribution in [-0.4, -0.2) is 5.75 Å². The molecular weight excluding hydrogens is 163 g/mol. The van der Waals surface area contributed by atoms with Gasteiger partial charge in [0.05, 0.1) is 0 Å². The molecule has 6 heteroatoms. The molecule has 0 heterocycles. The van der Waals surface area contributed by atoms with Gasteiger partial charge in [-0.25, -0.2) is 0 Å². The zero-order chi connectivity index (χ0) is 6.86. The molecule has 0 aromatic heterocycles. The van der Waals surface area contributed by atoms with Gasteiger partial charge in [-0.1, -0.05) is 0 Å². The van der Waals surface area contributed by atoms with Gasteiger partial charge in [0, 0.05) is 0 Å². The predicted molar refractivity (Wildman–Crippen MR) is 29.5 cm³/mol. The third-order valence-corrected chi connectivity index (χ3v) is 2.92. The van der Waals surface area contributed by atoms with Crippen molar-refractivity contribution in [1.82, 2.24) is 0 Å². The van der Waals surface area contributed by atoms with Gasteiger partial charge in [0.1, 0.15) is 0 Å². The predicted octanol–water partition coefficient (Wildman–Crippen LogP) is 3.75. The molecule has 0 aromatic rings. The monoisotopic (exact) mass is 168 g/mol. The summed E-state index contributed by atoms with van der Waals surface area (Å²) in [5, 5.41) is 0. The molecule has 8 heavy (non-hydrogen) atoms. The third-order valence-electron chi connectivity index (χ3n) is 0.324. The molecule has 0 aliphatic carbocycles. The molecule has 0 rings (SSSR count). The van der Waals surface area contributed by atoms with Crippen LogP contribution in [-0.2, 0) is 0 Å². The van der Waals surface area contributed by atoms with Crippen LogP contribution in [0.4, 0.5) is 16.8 Å². The van der Waals surface area contributed by atoms with Gasteiger partial charge in [-0.3, -0.25) is 0 Å². The van der Waals surface area contributed by atoms with Gasteiger partial charge in [0.15, 0.2) is 0 Å². The molecule has 0 saturated carbocycles. The fourth-order valence-electron chi connectivity index (χ4n) is 0.195. The molecule has 0 amide bonds. The Morgan fingerprint density at radius 2 is 1.62 bits per heavy atom. The fourth-order valence-corrected chi connectivity index (χ4v) is 1.76. The van der Waals surface area contributed by atoms with Gasteiger partial charge in [0.25, 0.3) is 0 Å². The van der Waals surface area contributed by atoms with Crippen LogP contribution in [0.3, 0.4) is 0 Å². The molecule has 0 aromatic carbocycles. The van der Waals surface area contributed by atoms with Gasteiger partial charge in [-0.15, -0.1) is 0 Å². The minimum absolute atomic E-state index is 0.238. The molecule has 0 spiro atoms. The number of rotatable bonds is 2. The van der Waals surface area contributed by atoms with Crippen LogP contribution >= 0.6 is 18.4 Å². The first-order valence-electron chi connectivity index (χ1n) is 1.85. The van der Waals surface area contributed by atoms with Crippen LogP contribution in [0.1, 0.15) is 6.92 Å². The van der Waals surface area contributed by atoms with Crippen molar-refractivity contribution in [3.8, 4) is 0 Å². The quantitative estimate of drug-likeness (QED) is 0.447. The fraction of sp³-hybridized carbons (Fsp3) is 1.00. The molecule has 0 bridgehead atoms. The van der Waals surface area contributed by atoms with Crippen LogP contribution < -0.4 is 0 Å². The molecule has 0 aliphatic heterocycles. The Bertz CT molecular complexity index is 76.5. The van der Waals surface area contributed by atoms with Crippen LogP contribution in [0.15, 0.2) is 0 Å². The van der Waals surface area contributed by atoms with E-state index in [2.05, 4.69) is 0 Å². The average Bonchev–Trinajstić information content (AvgIpc) is 1.25.